The molecule has 2 aromatic rings. The molecule has 7 nitrogen and oxygen atoms in total. The van der Waals surface area contributed by atoms with Crippen LogP contribution in [0.3, 0.4) is 0 Å². The SMILES string of the molecule is Cc1cc(Cl)ccc1OCCCC(=O)NNC(=O)CNC(=O)/C=C/c1ccccc1. The lowest BCUT2D eigenvalue weighted by molar-refractivity contribution is -0.129. The summed E-state index contributed by atoms with van der Waals surface area (Å²) in [7, 11) is 0. The molecule has 0 radical (unpaired) electrons. The van der Waals surface area contributed by atoms with E-state index in [0.29, 0.717) is 23.8 Å². The lowest BCUT2D eigenvalue weighted by atomic mass is 10.2. The minimum atomic E-state index is -0.530. The van der Waals surface area contributed by atoms with E-state index in [1.807, 2.05) is 37.3 Å². The van der Waals surface area contributed by atoms with Gasteiger partial charge < -0.3 is 10.1 Å². The van der Waals surface area contributed by atoms with Crippen LogP contribution in [0.4, 0.5) is 0 Å². The summed E-state index contributed by atoms with van der Waals surface area (Å²) in [6, 6.07) is 14.6. The highest BCUT2D eigenvalue weighted by Gasteiger charge is 2.06. The smallest absolute Gasteiger partial charge is 0.257 e. The molecule has 0 saturated heterocycles. The molecule has 30 heavy (non-hydrogen) atoms. The zero-order chi connectivity index (χ0) is 21.8. The van der Waals surface area contributed by atoms with E-state index >= 15 is 0 Å². The minimum absolute atomic E-state index is 0.180. The molecule has 0 aromatic heterocycles. The highest BCUT2D eigenvalue weighted by molar-refractivity contribution is 6.30. The first-order chi connectivity index (χ1) is 14.4. The van der Waals surface area contributed by atoms with Gasteiger partial charge in [0.1, 0.15) is 5.75 Å². The van der Waals surface area contributed by atoms with Gasteiger partial charge in [0.05, 0.1) is 13.2 Å². The number of ether oxygens (including phenoxy) is 1. The molecule has 0 unspecified atom stereocenters. The monoisotopic (exact) mass is 429 g/mol. The highest BCUT2D eigenvalue weighted by atomic mass is 35.5. The van der Waals surface area contributed by atoms with Gasteiger partial charge in [-0.05, 0) is 48.7 Å². The summed E-state index contributed by atoms with van der Waals surface area (Å²) in [5.74, 6) is -0.576. The van der Waals surface area contributed by atoms with Crippen molar-refractivity contribution in [2.24, 2.45) is 0 Å². The third-order valence-electron chi connectivity index (χ3n) is 3.93. The molecule has 0 heterocycles. The molecule has 2 rings (SSSR count). The van der Waals surface area contributed by atoms with Crippen LogP contribution in [0, 0.1) is 6.92 Å². The topological polar surface area (TPSA) is 96.5 Å². The van der Waals surface area contributed by atoms with Crippen molar-refractivity contribution in [3.63, 3.8) is 0 Å². The second-order valence-corrected chi connectivity index (χ2v) is 6.86. The summed E-state index contributed by atoms with van der Waals surface area (Å²) in [6.07, 6.45) is 3.64. The molecule has 0 aliphatic rings. The summed E-state index contributed by atoms with van der Waals surface area (Å²) in [6.45, 7) is 1.99. The normalized spacial score (nSPS) is 10.5. The van der Waals surface area contributed by atoms with Crippen LogP contribution in [0.15, 0.2) is 54.6 Å². The molecule has 158 valence electrons. The Morgan fingerprint density at radius 2 is 1.77 bits per heavy atom. The van der Waals surface area contributed by atoms with Gasteiger partial charge in [-0.1, -0.05) is 41.9 Å². The largest absolute Gasteiger partial charge is 0.493 e. The van der Waals surface area contributed by atoms with Crippen LogP contribution in [0.25, 0.3) is 6.08 Å². The third-order valence-corrected chi connectivity index (χ3v) is 4.17. The summed E-state index contributed by atoms with van der Waals surface area (Å²) >= 11 is 5.89. The molecule has 0 bridgehead atoms. The van der Waals surface area contributed by atoms with Gasteiger partial charge in [-0.3, -0.25) is 25.2 Å². The number of rotatable bonds is 9. The molecule has 0 aliphatic carbocycles. The summed E-state index contributed by atoms with van der Waals surface area (Å²) < 4.78 is 5.61. The predicted molar refractivity (Wildman–Crippen MR) is 116 cm³/mol. The van der Waals surface area contributed by atoms with Crippen LogP contribution in [0.1, 0.15) is 24.0 Å². The Labute approximate surface area is 180 Å². The number of carbonyl (C=O) groups excluding carboxylic acids is 3. The Balaban J connectivity index is 1.57. The molecule has 8 heteroatoms. The zero-order valence-corrected chi connectivity index (χ0v) is 17.4. The van der Waals surface area contributed by atoms with Crippen LogP contribution in [-0.4, -0.2) is 30.9 Å². The molecule has 3 amide bonds. The van der Waals surface area contributed by atoms with Gasteiger partial charge in [-0.25, -0.2) is 0 Å². The summed E-state index contributed by atoms with van der Waals surface area (Å²) in [5.41, 5.74) is 6.34. The van der Waals surface area contributed by atoms with E-state index in [-0.39, 0.29) is 18.9 Å². The average molecular weight is 430 g/mol. The number of aryl methyl sites for hydroxylation is 1. The molecule has 0 atom stereocenters. The summed E-state index contributed by atoms with van der Waals surface area (Å²) in [5, 5.41) is 3.08. The van der Waals surface area contributed by atoms with Gasteiger partial charge in [0.15, 0.2) is 0 Å². The minimum Gasteiger partial charge on any atom is -0.493 e. The fourth-order valence-corrected chi connectivity index (χ4v) is 2.62. The first kappa shape index (κ1) is 23.0. The van der Waals surface area contributed by atoms with E-state index in [9.17, 15) is 14.4 Å². The van der Waals surface area contributed by atoms with Crippen molar-refractivity contribution in [3.8, 4) is 5.75 Å². The van der Waals surface area contributed by atoms with E-state index in [1.165, 1.54) is 6.08 Å². The van der Waals surface area contributed by atoms with Crippen LogP contribution < -0.4 is 20.9 Å². The van der Waals surface area contributed by atoms with E-state index in [2.05, 4.69) is 16.2 Å². The third kappa shape index (κ3) is 8.79. The van der Waals surface area contributed by atoms with Crippen molar-refractivity contribution in [2.45, 2.75) is 19.8 Å². The Hall–Kier alpha value is -3.32. The van der Waals surface area contributed by atoms with Gasteiger partial charge in [0.25, 0.3) is 5.91 Å². The first-order valence-electron chi connectivity index (χ1n) is 9.41. The Kier molecular flexibility index (Phi) is 9.40. The zero-order valence-electron chi connectivity index (χ0n) is 16.6. The van der Waals surface area contributed by atoms with Crippen molar-refractivity contribution < 1.29 is 19.1 Å². The van der Waals surface area contributed by atoms with Crippen molar-refractivity contribution in [3.05, 3.63) is 70.8 Å². The summed E-state index contributed by atoms with van der Waals surface area (Å²) in [4.78, 5) is 35.2. The van der Waals surface area contributed by atoms with Crippen LogP contribution >= 0.6 is 11.6 Å². The van der Waals surface area contributed by atoms with Crippen molar-refractivity contribution in [1.29, 1.82) is 0 Å². The number of amides is 3. The highest BCUT2D eigenvalue weighted by Crippen LogP contribution is 2.21. The number of hydrogen-bond acceptors (Lipinski definition) is 4. The van der Waals surface area contributed by atoms with Crippen LogP contribution in [-0.2, 0) is 14.4 Å². The molecule has 0 spiro atoms. The molecule has 2 aromatic carbocycles. The maximum atomic E-state index is 11.8. The Morgan fingerprint density at radius 3 is 2.50 bits per heavy atom. The first-order valence-corrected chi connectivity index (χ1v) is 9.79. The Bertz CT molecular complexity index is 901. The van der Waals surface area contributed by atoms with Crippen LogP contribution in [0.5, 0.6) is 5.75 Å². The lowest BCUT2D eigenvalue weighted by Gasteiger charge is -2.10. The maximum absolute atomic E-state index is 11.8. The van der Waals surface area contributed by atoms with Gasteiger partial charge in [0.2, 0.25) is 11.8 Å². The van der Waals surface area contributed by atoms with Crippen molar-refractivity contribution in [2.75, 3.05) is 13.2 Å². The standard InChI is InChI=1S/C22H24ClN3O4/c1-16-14-18(23)10-11-19(16)30-13-5-8-21(28)25-26-22(29)15-24-20(27)12-9-17-6-3-2-4-7-17/h2-4,6-7,9-12,14H,5,8,13,15H2,1H3,(H,24,27)(H,25,28)(H,26,29)/b12-9+. The molecule has 0 fully saturated rings. The second kappa shape index (κ2) is 12.3. The van der Waals surface area contributed by atoms with Gasteiger partial charge in [0, 0.05) is 17.5 Å². The molecular formula is C22H24ClN3O4. The molecule has 0 saturated carbocycles. The van der Waals surface area contributed by atoms with Crippen LogP contribution in [0.2, 0.25) is 5.02 Å². The number of carbonyl (C=O) groups is 3. The fourth-order valence-electron chi connectivity index (χ4n) is 2.40. The fraction of sp³-hybridized carbons (Fsp3) is 0.227. The van der Waals surface area contributed by atoms with Gasteiger partial charge in [-0.2, -0.15) is 0 Å². The molecular weight excluding hydrogens is 406 g/mol. The Morgan fingerprint density at radius 1 is 1.03 bits per heavy atom. The van der Waals surface area contributed by atoms with Gasteiger partial charge >= 0.3 is 0 Å². The lowest BCUT2D eigenvalue weighted by Crippen LogP contribution is -2.46. The van der Waals surface area contributed by atoms with E-state index in [4.69, 9.17) is 16.3 Å². The number of hydrogen-bond donors (Lipinski definition) is 3. The van der Waals surface area contributed by atoms with Gasteiger partial charge in [-0.15, -0.1) is 0 Å². The van der Waals surface area contributed by atoms with E-state index in [0.717, 1.165) is 11.1 Å². The predicted octanol–water partition coefficient (Wildman–Crippen LogP) is 2.78. The number of hydrazine groups is 1. The number of halogens is 1. The average Bonchev–Trinajstić information content (AvgIpc) is 2.74. The van der Waals surface area contributed by atoms with Crippen molar-refractivity contribution in [1.82, 2.24) is 16.2 Å². The van der Waals surface area contributed by atoms with E-state index in [1.54, 1.807) is 24.3 Å². The molecule has 3 N–H and O–H groups in total. The van der Waals surface area contributed by atoms with E-state index < -0.39 is 11.8 Å². The second-order valence-electron chi connectivity index (χ2n) is 6.42. The molecule has 0 aliphatic heterocycles. The number of nitrogens with one attached hydrogen (secondary N) is 3. The quantitative estimate of drug-likeness (QED) is 0.324. The number of benzene rings is 2. The maximum Gasteiger partial charge on any atom is 0.257 e. The van der Waals surface area contributed by atoms with Crippen molar-refractivity contribution >= 4 is 35.4 Å².